The van der Waals surface area contributed by atoms with Gasteiger partial charge in [0.1, 0.15) is 5.75 Å². The number of hydrogen-bond donors (Lipinski definition) is 2. The Kier molecular flexibility index (Phi) is 6.16. The van der Waals surface area contributed by atoms with Crippen LogP contribution in [0.5, 0.6) is 5.75 Å². The SMILES string of the molecule is COc1cc(N[C@@H](C)CCCNC2=C(C(C)=O)CCO2)c2ncccc2c1. The highest BCUT2D eigenvalue weighted by Gasteiger charge is 2.19. The molecular weight excluding hydrogens is 342 g/mol. The average Bonchev–Trinajstić information content (AvgIpc) is 3.14. The van der Waals surface area contributed by atoms with Gasteiger partial charge in [-0.25, -0.2) is 0 Å². The van der Waals surface area contributed by atoms with Gasteiger partial charge in [0, 0.05) is 36.7 Å². The Morgan fingerprint density at radius 2 is 2.26 bits per heavy atom. The van der Waals surface area contributed by atoms with Crippen LogP contribution >= 0.6 is 0 Å². The Hall–Kier alpha value is -2.76. The lowest BCUT2D eigenvalue weighted by Crippen LogP contribution is -2.21. The lowest BCUT2D eigenvalue weighted by atomic mass is 10.1. The minimum atomic E-state index is 0.0856. The summed E-state index contributed by atoms with van der Waals surface area (Å²) in [5.41, 5.74) is 2.69. The molecule has 0 fully saturated rings. The maximum absolute atomic E-state index is 11.6. The number of ether oxygens (including phenoxy) is 2. The normalized spacial score (nSPS) is 14.8. The molecule has 0 amide bonds. The Morgan fingerprint density at radius 3 is 3.04 bits per heavy atom. The fourth-order valence-electron chi connectivity index (χ4n) is 3.29. The first-order valence-corrected chi connectivity index (χ1v) is 9.38. The molecule has 144 valence electrons. The summed E-state index contributed by atoms with van der Waals surface area (Å²) >= 11 is 0. The number of fused-ring (bicyclic) bond motifs is 1. The van der Waals surface area contributed by atoms with E-state index in [1.54, 1.807) is 20.2 Å². The molecule has 2 aromatic rings. The number of carbonyl (C=O) groups is 1. The lowest BCUT2D eigenvalue weighted by Gasteiger charge is -2.18. The summed E-state index contributed by atoms with van der Waals surface area (Å²) in [6.07, 6.45) is 4.44. The van der Waals surface area contributed by atoms with Crippen LogP contribution in [0.1, 0.15) is 33.1 Å². The molecule has 6 heteroatoms. The Balaban J connectivity index is 1.55. The number of aromatic nitrogens is 1. The van der Waals surface area contributed by atoms with E-state index in [4.69, 9.17) is 9.47 Å². The van der Waals surface area contributed by atoms with Crippen molar-refractivity contribution in [2.75, 3.05) is 25.6 Å². The highest BCUT2D eigenvalue weighted by atomic mass is 16.5. The first kappa shape index (κ1) is 19.0. The Labute approximate surface area is 160 Å². The van der Waals surface area contributed by atoms with Gasteiger partial charge in [0.15, 0.2) is 11.7 Å². The van der Waals surface area contributed by atoms with E-state index in [2.05, 4.69) is 22.5 Å². The highest BCUT2D eigenvalue weighted by Crippen LogP contribution is 2.28. The monoisotopic (exact) mass is 369 g/mol. The number of methoxy groups -OCH3 is 1. The molecule has 27 heavy (non-hydrogen) atoms. The maximum atomic E-state index is 11.6. The molecule has 1 aromatic heterocycles. The van der Waals surface area contributed by atoms with Crippen LogP contribution in [0.25, 0.3) is 10.9 Å². The van der Waals surface area contributed by atoms with Crippen LogP contribution < -0.4 is 15.4 Å². The summed E-state index contributed by atoms with van der Waals surface area (Å²) in [7, 11) is 1.67. The van der Waals surface area contributed by atoms with E-state index < -0.39 is 0 Å². The number of hydrogen-bond acceptors (Lipinski definition) is 6. The number of carbonyl (C=O) groups excluding carboxylic acids is 1. The molecule has 2 N–H and O–H groups in total. The van der Waals surface area contributed by atoms with E-state index in [1.807, 2.05) is 24.3 Å². The van der Waals surface area contributed by atoms with Gasteiger partial charge < -0.3 is 20.1 Å². The zero-order chi connectivity index (χ0) is 19.2. The van der Waals surface area contributed by atoms with Gasteiger partial charge in [-0.1, -0.05) is 6.07 Å². The van der Waals surface area contributed by atoms with Crippen molar-refractivity contribution < 1.29 is 14.3 Å². The predicted octanol–water partition coefficient (Wildman–Crippen LogP) is 3.63. The van der Waals surface area contributed by atoms with Crippen molar-refractivity contribution in [3.05, 3.63) is 41.9 Å². The van der Waals surface area contributed by atoms with Crippen LogP contribution in [0, 0.1) is 0 Å². The Morgan fingerprint density at radius 1 is 1.41 bits per heavy atom. The molecule has 0 aliphatic carbocycles. The van der Waals surface area contributed by atoms with Gasteiger partial charge in [0.2, 0.25) is 0 Å². The third-order valence-electron chi connectivity index (χ3n) is 4.71. The smallest absolute Gasteiger partial charge is 0.193 e. The number of anilines is 1. The fourth-order valence-corrected chi connectivity index (χ4v) is 3.29. The topological polar surface area (TPSA) is 72.5 Å². The second-order valence-electron chi connectivity index (χ2n) is 6.83. The molecule has 1 atom stereocenters. The lowest BCUT2D eigenvalue weighted by molar-refractivity contribution is -0.113. The number of Topliss-reactive ketones (excluding diaryl/α,β-unsaturated/α-hetero) is 1. The van der Waals surface area contributed by atoms with Crippen molar-refractivity contribution in [3.63, 3.8) is 0 Å². The molecule has 0 spiro atoms. The maximum Gasteiger partial charge on any atom is 0.193 e. The molecule has 0 saturated carbocycles. The second-order valence-corrected chi connectivity index (χ2v) is 6.83. The van der Waals surface area contributed by atoms with Crippen molar-refractivity contribution in [1.29, 1.82) is 0 Å². The molecular formula is C21H27N3O3. The molecule has 3 rings (SSSR count). The van der Waals surface area contributed by atoms with Gasteiger partial charge in [0.25, 0.3) is 0 Å². The van der Waals surface area contributed by atoms with Crippen molar-refractivity contribution in [2.24, 2.45) is 0 Å². The van der Waals surface area contributed by atoms with E-state index in [0.717, 1.165) is 47.3 Å². The molecule has 2 heterocycles. The third-order valence-corrected chi connectivity index (χ3v) is 4.71. The molecule has 0 radical (unpaired) electrons. The van der Waals surface area contributed by atoms with E-state index in [-0.39, 0.29) is 11.8 Å². The van der Waals surface area contributed by atoms with Gasteiger partial charge in [-0.2, -0.15) is 0 Å². The molecule has 0 unspecified atom stereocenters. The van der Waals surface area contributed by atoms with E-state index in [1.165, 1.54) is 0 Å². The van der Waals surface area contributed by atoms with Gasteiger partial charge in [0.05, 0.1) is 30.5 Å². The van der Waals surface area contributed by atoms with Gasteiger partial charge in [-0.3, -0.25) is 9.78 Å². The van der Waals surface area contributed by atoms with Crippen molar-refractivity contribution in [1.82, 2.24) is 10.3 Å². The third kappa shape index (κ3) is 4.70. The van der Waals surface area contributed by atoms with Crippen LogP contribution in [-0.4, -0.2) is 37.1 Å². The number of rotatable bonds is 9. The van der Waals surface area contributed by atoms with Gasteiger partial charge >= 0.3 is 0 Å². The zero-order valence-corrected chi connectivity index (χ0v) is 16.2. The highest BCUT2D eigenvalue weighted by molar-refractivity contribution is 5.94. The number of nitrogens with one attached hydrogen (secondary N) is 2. The van der Waals surface area contributed by atoms with Crippen molar-refractivity contribution >= 4 is 22.4 Å². The van der Waals surface area contributed by atoms with Crippen LogP contribution in [0.4, 0.5) is 5.69 Å². The summed E-state index contributed by atoms with van der Waals surface area (Å²) in [6.45, 7) is 5.10. The summed E-state index contributed by atoms with van der Waals surface area (Å²) in [5, 5.41) is 7.86. The predicted molar refractivity (Wildman–Crippen MR) is 107 cm³/mol. The molecule has 0 saturated heterocycles. The van der Waals surface area contributed by atoms with Gasteiger partial charge in [-0.15, -0.1) is 0 Å². The average molecular weight is 369 g/mol. The van der Waals surface area contributed by atoms with Crippen molar-refractivity contribution in [2.45, 2.75) is 39.2 Å². The fraction of sp³-hybridized carbons (Fsp3) is 0.429. The largest absolute Gasteiger partial charge is 0.497 e. The van der Waals surface area contributed by atoms with Crippen LogP contribution in [-0.2, 0) is 9.53 Å². The zero-order valence-electron chi connectivity index (χ0n) is 16.2. The molecule has 1 aromatic carbocycles. The molecule has 0 bridgehead atoms. The number of nitrogens with zero attached hydrogens (tertiary/aromatic N) is 1. The first-order chi connectivity index (χ1) is 13.1. The van der Waals surface area contributed by atoms with E-state index >= 15 is 0 Å². The number of ketones is 1. The number of pyridine rings is 1. The molecule has 1 aliphatic rings. The van der Waals surface area contributed by atoms with Crippen LogP contribution in [0.3, 0.4) is 0 Å². The Bertz CT molecular complexity index is 848. The van der Waals surface area contributed by atoms with Crippen LogP contribution in [0.15, 0.2) is 41.9 Å². The standard InChI is InChI=1S/C21H27N3O3/c1-14(6-4-10-23-21-18(15(2)25)8-11-27-21)24-19-13-17(26-3)12-16-7-5-9-22-20(16)19/h5,7,9,12-14,23-24H,4,6,8,10-11H2,1-3H3/t14-/m0/s1. The summed E-state index contributed by atoms with van der Waals surface area (Å²) < 4.78 is 10.9. The molecule has 6 nitrogen and oxygen atoms in total. The number of benzene rings is 1. The minimum Gasteiger partial charge on any atom is -0.497 e. The van der Waals surface area contributed by atoms with E-state index in [0.29, 0.717) is 18.9 Å². The molecule has 1 aliphatic heterocycles. The minimum absolute atomic E-state index is 0.0856. The summed E-state index contributed by atoms with van der Waals surface area (Å²) in [5.74, 6) is 1.56. The quantitative estimate of drug-likeness (QED) is 0.658. The van der Waals surface area contributed by atoms with E-state index in [9.17, 15) is 4.79 Å². The second kappa shape index (κ2) is 8.75. The van der Waals surface area contributed by atoms with Crippen LogP contribution in [0.2, 0.25) is 0 Å². The van der Waals surface area contributed by atoms with Crippen molar-refractivity contribution in [3.8, 4) is 5.75 Å². The summed E-state index contributed by atoms with van der Waals surface area (Å²) in [4.78, 5) is 16.1. The summed E-state index contributed by atoms with van der Waals surface area (Å²) in [6, 6.07) is 8.21. The van der Waals surface area contributed by atoms with Gasteiger partial charge in [-0.05, 0) is 38.8 Å². The first-order valence-electron chi connectivity index (χ1n) is 9.38.